The van der Waals surface area contributed by atoms with Crippen LogP contribution in [0.1, 0.15) is 55.1 Å². The van der Waals surface area contributed by atoms with Crippen molar-refractivity contribution in [3.63, 3.8) is 0 Å². The normalized spacial score (nSPS) is 15.8. The monoisotopic (exact) mass is 433 g/mol. The molecule has 0 saturated heterocycles. The van der Waals surface area contributed by atoms with Crippen molar-refractivity contribution in [2.24, 2.45) is 5.92 Å². The number of hydrogen-bond acceptors (Lipinski definition) is 5. The molecule has 31 heavy (non-hydrogen) atoms. The number of nitrogens with zero attached hydrogens (tertiary/aromatic N) is 1. The van der Waals surface area contributed by atoms with Gasteiger partial charge in [0.1, 0.15) is 5.76 Å². The molecule has 1 aromatic carbocycles. The van der Waals surface area contributed by atoms with Gasteiger partial charge in [-0.3, -0.25) is 9.78 Å². The third-order valence-corrected chi connectivity index (χ3v) is 5.85. The van der Waals surface area contributed by atoms with Gasteiger partial charge in [-0.15, -0.1) is 5.92 Å². The third kappa shape index (κ3) is 5.45. The van der Waals surface area contributed by atoms with Crippen molar-refractivity contribution in [3.05, 3.63) is 70.2 Å². The van der Waals surface area contributed by atoms with E-state index in [0.29, 0.717) is 24.2 Å². The van der Waals surface area contributed by atoms with Gasteiger partial charge < -0.3 is 4.74 Å². The summed E-state index contributed by atoms with van der Waals surface area (Å²) in [6.07, 6.45) is 2.63. The Morgan fingerprint density at radius 1 is 1.26 bits per heavy atom. The Hall–Kier alpha value is -2.84. The second kappa shape index (κ2) is 9.98. The second-order valence-corrected chi connectivity index (χ2v) is 9.48. The van der Waals surface area contributed by atoms with Gasteiger partial charge in [0.05, 0.1) is 5.57 Å². The first-order chi connectivity index (χ1) is 14.8. The molecule has 1 heterocycles. The molecule has 2 aromatic rings. The van der Waals surface area contributed by atoms with E-state index in [0.717, 1.165) is 39.7 Å². The molecule has 0 saturated carbocycles. The fourth-order valence-corrected chi connectivity index (χ4v) is 4.48. The Kier molecular flexibility index (Phi) is 7.35. The summed E-state index contributed by atoms with van der Waals surface area (Å²) in [7, 11) is 0. The van der Waals surface area contributed by atoms with Crippen molar-refractivity contribution in [2.75, 3.05) is 0 Å². The molecule has 4 nitrogen and oxygen atoms in total. The second-order valence-electron chi connectivity index (χ2n) is 7.97. The molecule has 0 fully saturated rings. The molecule has 1 atom stereocenters. The van der Waals surface area contributed by atoms with E-state index in [1.54, 1.807) is 13.1 Å². The van der Waals surface area contributed by atoms with Crippen LogP contribution in [0.2, 0.25) is 0 Å². The molecular formula is C26H27NO3S. The molecule has 0 bridgehead atoms. The number of ether oxygens (including phenoxy) is 1. The van der Waals surface area contributed by atoms with Crippen LogP contribution < -0.4 is 0 Å². The average Bonchev–Trinajstić information content (AvgIpc) is 2.97. The van der Waals surface area contributed by atoms with Crippen LogP contribution in [0.15, 0.2) is 42.3 Å². The number of carbonyl (C=O) groups excluding carboxylic acids is 2. The van der Waals surface area contributed by atoms with Crippen molar-refractivity contribution < 1.29 is 14.3 Å². The van der Waals surface area contributed by atoms with Crippen molar-refractivity contribution in [1.29, 1.82) is 0 Å². The van der Waals surface area contributed by atoms with Crippen molar-refractivity contribution >= 4 is 28.4 Å². The summed E-state index contributed by atoms with van der Waals surface area (Å²) in [5.41, 5.74) is 5.02. The van der Waals surface area contributed by atoms with Gasteiger partial charge in [-0.1, -0.05) is 25.8 Å². The lowest BCUT2D eigenvalue weighted by Crippen LogP contribution is -2.14. The SMILES string of the molecule is CC#Cc1cc(C)c(C2=C(OC(=O)SC(C)C)CC(Cc3ccccn3)C2=O)c(C)c1. The average molecular weight is 434 g/mol. The van der Waals surface area contributed by atoms with E-state index in [4.69, 9.17) is 4.74 Å². The number of aromatic nitrogens is 1. The Labute approximate surface area is 188 Å². The van der Waals surface area contributed by atoms with E-state index in [1.807, 2.05) is 58.0 Å². The molecule has 1 aliphatic rings. The fourth-order valence-electron chi connectivity index (χ4n) is 3.94. The van der Waals surface area contributed by atoms with Crippen molar-refractivity contribution in [1.82, 2.24) is 4.98 Å². The standard InChI is InChI=1S/C26H27NO3S/c1-6-9-19-12-17(4)23(18(5)13-19)24-22(30-26(29)31-16(2)3)15-20(25(24)28)14-21-10-7-8-11-27-21/h7-8,10-13,16,20H,14-15H2,1-5H3. The zero-order chi connectivity index (χ0) is 22.5. The Balaban J connectivity index is 2.02. The molecule has 160 valence electrons. The first-order valence-corrected chi connectivity index (χ1v) is 11.3. The summed E-state index contributed by atoms with van der Waals surface area (Å²) in [4.78, 5) is 30.3. The molecule has 3 rings (SSSR count). The first-order valence-electron chi connectivity index (χ1n) is 10.4. The summed E-state index contributed by atoms with van der Waals surface area (Å²) < 4.78 is 5.75. The molecule has 1 unspecified atom stereocenters. The quantitative estimate of drug-likeness (QED) is 0.435. The van der Waals surface area contributed by atoms with E-state index in [1.165, 1.54) is 0 Å². The number of ketones is 1. The number of allylic oxidation sites excluding steroid dienone is 2. The van der Waals surface area contributed by atoms with E-state index >= 15 is 0 Å². The van der Waals surface area contributed by atoms with Crippen LogP contribution >= 0.6 is 11.8 Å². The highest BCUT2D eigenvalue weighted by Gasteiger charge is 2.37. The van der Waals surface area contributed by atoms with E-state index in [9.17, 15) is 9.59 Å². The highest BCUT2D eigenvalue weighted by Crippen LogP contribution is 2.40. The Morgan fingerprint density at radius 2 is 1.97 bits per heavy atom. The largest absolute Gasteiger partial charge is 0.422 e. The summed E-state index contributed by atoms with van der Waals surface area (Å²) in [5, 5.41) is -0.272. The maximum atomic E-state index is 13.5. The summed E-state index contributed by atoms with van der Waals surface area (Å²) in [5.74, 6) is 6.16. The minimum Gasteiger partial charge on any atom is -0.422 e. The van der Waals surface area contributed by atoms with Crippen LogP contribution in [0.25, 0.3) is 5.57 Å². The lowest BCUT2D eigenvalue weighted by molar-refractivity contribution is -0.116. The highest BCUT2D eigenvalue weighted by atomic mass is 32.2. The number of benzene rings is 1. The van der Waals surface area contributed by atoms with Crippen LogP contribution in [-0.4, -0.2) is 21.3 Å². The van der Waals surface area contributed by atoms with Crippen LogP contribution in [0.3, 0.4) is 0 Å². The predicted molar refractivity (Wildman–Crippen MR) is 126 cm³/mol. The van der Waals surface area contributed by atoms with Gasteiger partial charge in [0.2, 0.25) is 0 Å². The van der Waals surface area contributed by atoms with E-state index < -0.39 is 0 Å². The van der Waals surface area contributed by atoms with Gasteiger partial charge in [-0.25, -0.2) is 4.79 Å². The first kappa shape index (κ1) is 22.8. The molecular weight excluding hydrogens is 406 g/mol. The van der Waals surface area contributed by atoms with Gasteiger partial charge in [-0.05, 0) is 73.5 Å². The molecule has 0 amide bonds. The smallest absolute Gasteiger partial charge is 0.372 e. The number of rotatable bonds is 5. The molecule has 0 aliphatic heterocycles. The number of hydrogen-bond donors (Lipinski definition) is 0. The maximum absolute atomic E-state index is 13.5. The van der Waals surface area contributed by atoms with Gasteiger partial charge in [0.25, 0.3) is 0 Å². The zero-order valence-corrected chi connectivity index (χ0v) is 19.4. The minimum atomic E-state index is -0.377. The van der Waals surface area contributed by atoms with Crippen LogP contribution in [0.4, 0.5) is 4.79 Å². The molecule has 1 aliphatic carbocycles. The lowest BCUT2D eigenvalue weighted by Gasteiger charge is -2.14. The Morgan fingerprint density at radius 3 is 2.55 bits per heavy atom. The fraction of sp³-hybridized carbons (Fsp3) is 0.346. The van der Waals surface area contributed by atoms with Crippen molar-refractivity contribution in [2.45, 2.75) is 52.7 Å². The number of aryl methyl sites for hydroxylation is 2. The molecule has 5 heteroatoms. The predicted octanol–water partition coefficient (Wildman–Crippen LogP) is 5.89. The Bertz CT molecular complexity index is 1070. The molecule has 0 spiro atoms. The zero-order valence-electron chi connectivity index (χ0n) is 18.6. The van der Waals surface area contributed by atoms with Gasteiger partial charge >= 0.3 is 5.30 Å². The number of pyridine rings is 1. The topological polar surface area (TPSA) is 56.3 Å². The van der Waals surface area contributed by atoms with Crippen LogP contribution in [0, 0.1) is 31.6 Å². The summed E-state index contributed by atoms with van der Waals surface area (Å²) >= 11 is 1.13. The molecule has 1 aromatic heterocycles. The van der Waals surface area contributed by atoms with Crippen LogP contribution in [0.5, 0.6) is 0 Å². The van der Waals surface area contributed by atoms with E-state index in [-0.39, 0.29) is 22.3 Å². The summed E-state index contributed by atoms with van der Waals surface area (Å²) in [6.45, 7) is 9.61. The van der Waals surface area contributed by atoms with Crippen molar-refractivity contribution in [3.8, 4) is 11.8 Å². The third-order valence-electron chi connectivity index (χ3n) is 5.10. The number of thioether (sulfide) groups is 1. The molecule has 0 radical (unpaired) electrons. The van der Waals surface area contributed by atoms with Gasteiger partial charge in [0.15, 0.2) is 5.78 Å². The summed E-state index contributed by atoms with van der Waals surface area (Å²) in [6, 6.07) is 9.65. The van der Waals surface area contributed by atoms with Gasteiger partial charge in [0, 0.05) is 41.5 Å². The van der Waals surface area contributed by atoms with Crippen LogP contribution in [-0.2, 0) is 16.0 Å². The number of carbonyl (C=O) groups is 2. The molecule has 0 N–H and O–H groups in total. The highest BCUT2D eigenvalue weighted by molar-refractivity contribution is 8.13. The van der Waals surface area contributed by atoms with E-state index in [2.05, 4.69) is 16.8 Å². The lowest BCUT2D eigenvalue weighted by atomic mass is 9.89. The maximum Gasteiger partial charge on any atom is 0.372 e. The van der Waals surface area contributed by atoms with Gasteiger partial charge in [-0.2, -0.15) is 0 Å². The minimum absolute atomic E-state index is 0.00326. The number of Topliss-reactive ketones (excluding diaryl/α,β-unsaturated/α-hetero) is 1.